The van der Waals surface area contributed by atoms with Crippen LogP contribution in [-0.2, 0) is 16.2 Å². The van der Waals surface area contributed by atoms with Crippen LogP contribution in [0.1, 0.15) is 16.7 Å². The van der Waals surface area contributed by atoms with Gasteiger partial charge in [-0.2, -0.15) is 5.10 Å². The lowest BCUT2D eigenvalue weighted by molar-refractivity contribution is -0.136. The van der Waals surface area contributed by atoms with E-state index >= 15 is 0 Å². The number of carbonyl (C=O) groups excluding carboxylic acids is 2. The summed E-state index contributed by atoms with van der Waals surface area (Å²) in [6.07, 6.45) is 1.33. The van der Waals surface area contributed by atoms with Crippen LogP contribution in [0.15, 0.2) is 59.7 Å². The van der Waals surface area contributed by atoms with Gasteiger partial charge in [-0.15, -0.1) is 0 Å². The Labute approximate surface area is 211 Å². The van der Waals surface area contributed by atoms with Gasteiger partial charge in [-0.05, 0) is 48.9 Å². The summed E-state index contributed by atoms with van der Waals surface area (Å²) in [5, 5.41) is 7.72. The average Bonchev–Trinajstić information content (AvgIpc) is 2.81. The van der Waals surface area contributed by atoms with Crippen molar-refractivity contribution in [3.8, 4) is 11.5 Å². The van der Waals surface area contributed by atoms with Crippen molar-refractivity contribution in [1.82, 2.24) is 5.43 Å². The van der Waals surface area contributed by atoms with E-state index in [0.29, 0.717) is 43.4 Å². The Morgan fingerprint density at radius 2 is 1.68 bits per heavy atom. The number of rotatable bonds is 7. The first-order chi connectivity index (χ1) is 16.3. The van der Waals surface area contributed by atoms with Gasteiger partial charge in [-0.3, -0.25) is 9.59 Å². The number of aryl methyl sites for hydroxylation is 1. The van der Waals surface area contributed by atoms with Crippen LogP contribution in [0, 0.1) is 6.92 Å². The third kappa shape index (κ3) is 6.41. The molecule has 0 aromatic heterocycles. The van der Waals surface area contributed by atoms with Crippen molar-refractivity contribution >= 4 is 58.5 Å². The Morgan fingerprint density at radius 3 is 2.35 bits per heavy atom. The molecule has 34 heavy (non-hydrogen) atoms. The molecule has 0 bridgehead atoms. The molecule has 0 aliphatic carbocycles. The molecule has 0 saturated heterocycles. The summed E-state index contributed by atoms with van der Waals surface area (Å²) < 4.78 is 11.3. The molecule has 0 radical (unpaired) electrons. The maximum absolute atomic E-state index is 12.1. The van der Waals surface area contributed by atoms with Crippen molar-refractivity contribution in [3.05, 3.63) is 86.4 Å². The van der Waals surface area contributed by atoms with Crippen molar-refractivity contribution in [2.24, 2.45) is 5.10 Å². The van der Waals surface area contributed by atoms with E-state index in [2.05, 4.69) is 15.8 Å². The Bertz CT molecular complexity index is 1230. The molecule has 2 amide bonds. The summed E-state index contributed by atoms with van der Waals surface area (Å²) in [4.78, 5) is 24.3. The molecule has 3 rings (SSSR count). The van der Waals surface area contributed by atoms with Gasteiger partial charge < -0.3 is 14.8 Å². The Balaban J connectivity index is 1.69. The largest absolute Gasteiger partial charge is 0.493 e. The van der Waals surface area contributed by atoms with Gasteiger partial charge >= 0.3 is 11.8 Å². The zero-order chi connectivity index (χ0) is 24.7. The van der Waals surface area contributed by atoms with Gasteiger partial charge in [0.2, 0.25) is 0 Å². The average molecular weight is 521 g/mol. The first-order valence-corrected chi connectivity index (χ1v) is 11.1. The van der Waals surface area contributed by atoms with Crippen molar-refractivity contribution in [3.63, 3.8) is 0 Å². The smallest absolute Gasteiger partial charge is 0.329 e. The number of para-hydroxylation sites is 1. The molecule has 0 aliphatic rings. The Morgan fingerprint density at radius 1 is 0.971 bits per heavy atom. The van der Waals surface area contributed by atoms with Crippen LogP contribution in [0.4, 0.5) is 5.69 Å². The number of carbonyl (C=O) groups is 2. The van der Waals surface area contributed by atoms with Crippen LogP contribution < -0.4 is 20.2 Å². The second kappa shape index (κ2) is 11.7. The number of halogens is 3. The van der Waals surface area contributed by atoms with Crippen LogP contribution in [0.5, 0.6) is 11.5 Å². The summed E-state index contributed by atoms with van der Waals surface area (Å²) in [7, 11) is 1.50. The maximum Gasteiger partial charge on any atom is 0.329 e. The van der Waals surface area contributed by atoms with Crippen molar-refractivity contribution < 1.29 is 19.1 Å². The minimum atomic E-state index is -0.957. The van der Waals surface area contributed by atoms with E-state index in [1.807, 2.05) is 6.92 Å². The summed E-state index contributed by atoms with van der Waals surface area (Å²) in [6, 6.07) is 15.2. The molecule has 2 N–H and O–H groups in total. The van der Waals surface area contributed by atoms with Crippen LogP contribution in [0.3, 0.4) is 0 Å². The van der Waals surface area contributed by atoms with Gasteiger partial charge in [0.05, 0.1) is 13.3 Å². The highest BCUT2D eigenvalue weighted by Crippen LogP contribution is 2.33. The molecule has 3 aromatic rings. The van der Waals surface area contributed by atoms with Crippen LogP contribution in [0.25, 0.3) is 0 Å². The first-order valence-electron chi connectivity index (χ1n) is 9.93. The predicted octanol–water partition coefficient (Wildman–Crippen LogP) is 5.63. The number of nitrogens with zero attached hydrogens (tertiary/aromatic N) is 1. The van der Waals surface area contributed by atoms with Crippen LogP contribution >= 0.6 is 34.8 Å². The molecule has 0 saturated carbocycles. The molecule has 0 unspecified atom stereocenters. The highest BCUT2D eigenvalue weighted by atomic mass is 35.5. The lowest BCUT2D eigenvalue weighted by Gasteiger charge is -2.14. The molecule has 176 valence electrons. The monoisotopic (exact) mass is 519 g/mol. The summed E-state index contributed by atoms with van der Waals surface area (Å²) in [6.45, 7) is 1.91. The molecular weight excluding hydrogens is 501 g/mol. The van der Waals surface area contributed by atoms with E-state index in [0.717, 1.165) is 5.56 Å². The molecule has 10 heteroatoms. The van der Waals surface area contributed by atoms with Crippen LogP contribution in [0.2, 0.25) is 15.1 Å². The zero-order valence-electron chi connectivity index (χ0n) is 18.2. The van der Waals surface area contributed by atoms with Crippen molar-refractivity contribution in [2.75, 3.05) is 12.4 Å². The topological polar surface area (TPSA) is 89.0 Å². The highest BCUT2D eigenvalue weighted by Gasteiger charge is 2.15. The number of ether oxygens (including phenoxy) is 2. The Hall–Kier alpha value is -3.26. The zero-order valence-corrected chi connectivity index (χ0v) is 20.5. The van der Waals surface area contributed by atoms with E-state index in [4.69, 9.17) is 44.3 Å². The molecule has 0 spiro atoms. The van der Waals surface area contributed by atoms with Gasteiger partial charge in [0.15, 0.2) is 11.5 Å². The minimum Gasteiger partial charge on any atom is -0.493 e. The SMILES string of the molecule is COc1cccc(/C=N\NC(=O)C(=O)Nc2ccc(C)c(Cl)c2)c1OCc1c(Cl)cccc1Cl. The second-order valence-corrected chi connectivity index (χ2v) is 8.21. The van der Waals surface area contributed by atoms with E-state index in [1.54, 1.807) is 54.6 Å². The number of hydrogen-bond donors (Lipinski definition) is 2. The molecule has 7 nitrogen and oxygen atoms in total. The standard InChI is InChI=1S/C24H20Cl3N3O4/c1-14-9-10-16(11-20(14)27)29-23(31)24(32)30-28-12-15-5-3-8-21(33-2)22(15)34-13-17-18(25)6-4-7-19(17)26/h3-12H,13H2,1-2H3,(H,29,31)(H,30,32)/b28-12-. The Kier molecular flexibility index (Phi) is 8.76. The summed E-state index contributed by atoms with van der Waals surface area (Å²) in [5.41, 5.74) is 4.53. The molecular formula is C24H20Cl3N3O4. The molecule has 0 fully saturated rings. The van der Waals surface area contributed by atoms with Gasteiger partial charge in [0.1, 0.15) is 6.61 Å². The number of methoxy groups -OCH3 is 1. The van der Waals surface area contributed by atoms with Gasteiger partial charge in [-0.25, -0.2) is 5.43 Å². The number of hydrazone groups is 1. The van der Waals surface area contributed by atoms with Crippen molar-refractivity contribution in [2.45, 2.75) is 13.5 Å². The molecule has 0 heterocycles. The lowest BCUT2D eigenvalue weighted by Crippen LogP contribution is -2.32. The lowest BCUT2D eigenvalue weighted by atomic mass is 10.2. The van der Waals surface area contributed by atoms with Gasteiger partial charge in [-0.1, -0.05) is 53.0 Å². The quantitative estimate of drug-likeness (QED) is 0.240. The first kappa shape index (κ1) is 25.4. The summed E-state index contributed by atoms with van der Waals surface area (Å²) >= 11 is 18.5. The fourth-order valence-corrected chi connectivity index (χ4v) is 3.52. The van der Waals surface area contributed by atoms with E-state index in [1.165, 1.54) is 13.3 Å². The number of hydrogen-bond acceptors (Lipinski definition) is 5. The van der Waals surface area contributed by atoms with Crippen molar-refractivity contribution in [1.29, 1.82) is 0 Å². The van der Waals surface area contributed by atoms with Crippen LogP contribution in [-0.4, -0.2) is 25.1 Å². The highest BCUT2D eigenvalue weighted by molar-refractivity contribution is 6.40. The van der Waals surface area contributed by atoms with Gasteiger partial charge in [0, 0.05) is 31.9 Å². The maximum atomic E-state index is 12.1. The van der Waals surface area contributed by atoms with E-state index in [9.17, 15) is 9.59 Å². The molecule has 3 aromatic carbocycles. The number of benzene rings is 3. The minimum absolute atomic E-state index is 0.0770. The molecule has 0 atom stereocenters. The second-order valence-electron chi connectivity index (χ2n) is 6.98. The fraction of sp³-hybridized carbons (Fsp3) is 0.125. The molecule has 0 aliphatic heterocycles. The third-order valence-corrected chi connectivity index (χ3v) is 5.77. The van der Waals surface area contributed by atoms with E-state index < -0.39 is 11.8 Å². The fourth-order valence-electron chi connectivity index (χ4n) is 2.83. The summed E-state index contributed by atoms with van der Waals surface area (Å²) in [5.74, 6) is -1.06. The number of nitrogens with one attached hydrogen (secondary N) is 2. The number of amides is 2. The number of anilines is 1. The third-order valence-electron chi connectivity index (χ3n) is 4.66. The van der Waals surface area contributed by atoms with E-state index in [-0.39, 0.29) is 6.61 Å². The predicted molar refractivity (Wildman–Crippen MR) is 134 cm³/mol. The normalized spacial score (nSPS) is 10.7. The van der Waals surface area contributed by atoms with Gasteiger partial charge in [0.25, 0.3) is 0 Å².